The van der Waals surface area contributed by atoms with E-state index in [1.54, 1.807) is 6.92 Å². The predicted molar refractivity (Wildman–Crippen MR) is 121 cm³/mol. The summed E-state index contributed by atoms with van der Waals surface area (Å²) in [4.78, 5) is 26.0. The van der Waals surface area contributed by atoms with Crippen LogP contribution in [0.25, 0.3) is 0 Å². The smallest absolute Gasteiger partial charge is 0.328 e. The zero-order chi connectivity index (χ0) is 21.6. The standard InChI is InChI=1S/C27H27NO3/c1-2-31-27(30)22(18-19-12-6-3-7-13-19)28-26(29)25-23(20-14-8-4-9-15-20)24(25)21-16-10-5-11-17-21/h3-17,22-25H,2,18H2,1H3,(H,28,29)/t22-,23-,24+,25?/m0/s1. The normalized spacial score (nSPS) is 20.5. The Bertz CT molecular complexity index is 959. The van der Waals surface area contributed by atoms with Crippen molar-refractivity contribution < 1.29 is 14.3 Å². The van der Waals surface area contributed by atoms with E-state index in [1.165, 1.54) is 0 Å². The Kier molecular flexibility index (Phi) is 6.46. The van der Waals surface area contributed by atoms with Crippen LogP contribution in [-0.2, 0) is 20.7 Å². The molecule has 1 N–H and O–H groups in total. The van der Waals surface area contributed by atoms with Crippen molar-refractivity contribution in [2.75, 3.05) is 6.61 Å². The molecule has 1 amide bonds. The van der Waals surface area contributed by atoms with Gasteiger partial charge in [0.25, 0.3) is 0 Å². The summed E-state index contributed by atoms with van der Waals surface area (Å²) in [5, 5.41) is 3.00. The van der Waals surface area contributed by atoms with Crippen molar-refractivity contribution >= 4 is 11.9 Å². The highest BCUT2D eigenvalue weighted by Gasteiger charge is 2.56. The number of rotatable bonds is 8. The molecule has 0 spiro atoms. The maximum atomic E-state index is 13.4. The Labute approximate surface area is 183 Å². The molecule has 1 aliphatic carbocycles. The van der Waals surface area contributed by atoms with Gasteiger partial charge in [-0.1, -0.05) is 91.0 Å². The molecule has 3 aromatic rings. The largest absolute Gasteiger partial charge is 0.464 e. The zero-order valence-corrected chi connectivity index (χ0v) is 17.6. The molecule has 158 valence electrons. The van der Waals surface area contributed by atoms with Gasteiger partial charge in [0.2, 0.25) is 5.91 Å². The number of nitrogens with one attached hydrogen (secondary N) is 1. The van der Waals surface area contributed by atoms with E-state index in [-0.39, 0.29) is 30.3 Å². The minimum Gasteiger partial charge on any atom is -0.464 e. The number of carbonyl (C=O) groups is 2. The van der Waals surface area contributed by atoms with E-state index in [4.69, 9.17) is 4.74 Å². The molecule has 1 fully saturated rings. The van der Waals surface area contributed by atoms with E-state index in [2.05, 4.69) is 29.6 Å². The molecule has 1 unspecified atom stereocenters. The summed E-state index contributed by atoms with van der Waals surface area (Å²) in [5.74, 6) is -0.506. The summed E-state index contributed by atoms with van der Waals surface area (Å²) in [6, 6.07) is 29.2. The second-order valence-electron chi connectivity index (χ2n) is 7.90. The highest BCUT2D eigenvalue weighted by Crippen LogP contribution is 2.60. The molecule has 1 saturated carbocycles. The lowest BCUT2D eigenvalue weighted by molar-refractivity contribution is -0.147. The average molecular weight is 414 g/mol. The quantitative estimate of drug-likeness (QED) is 0.554. The number of ether oxygens (including phenoxy) is 1. The molecule has 4 atom stereocenters. The predicted octanol–water partition coefficient (Wildman–Crippen LogP) is 4.47. The molecule has 0 radical (unpaired) electrons. The van der Waals surface area contributed by atoms with Gasteiger partial charge in [0.1, 0.15) is 6.04 Å². The Morgan fingerprint density at radius 2 is 1.29 bits per heavy atom. The van der Waals surface area contributed by atoms with Crippen molar-refractivity contribution in [3.05, 3.63) is 108 Å². The van der Waals surface area contributed by atoms with E-state index in [9.17, 15) is 9.59 Å². The van der Waals surface area contributed by atoms with Crippen LogP contribution in [0.5, 0.6) is 0 Å². The van der Waals surface area contributed by atoms with E-state index >= 15 is 0 Å². The molecule has 4 rings (SSSR count). The molecular formula is C27H27NO3. The lowest BCUT2D eigenvalue weighted by atomic mass is 10.0. The van der Waals surface area contributed by atoms with Gasteiger partial charge in [-0.05, 0) is 23.6 Å². The highest BCUT2D eigenvalue weighted by atomic mass is 16.5. The fraction of sp³-hybridized carbons (Fsp3) is 0.259. The molecule has 4 heteroatoms. The fourth-order valence-electron chi connectivity index (χ4n) is 4.37. The monoisotopic (exact) mass is 413 g/mol. The van der Waals surface area contributed by atoms with Crippen LogP contribution in [0.4, 0.5) is 0 Å². The van der Waals surface area contributed by atoms with Crippen LogP contribution in [0.2, 0.25) is 0 Å². The first kappa shape index (κ1) is 20.9. The lowest BCUT2D eigenvalue weighted by Gasteiger charge is -2.18. The molecule has 31 heavy (non-hydrogen) atoms. The van der Waals surface area contributed by atoms with E-state index in [0.29, 0.717) is 6.42 Å². The summed E-state index contributed by atoms with van der Waals surface area (Å²) in [6.45, 7) is 2.06. The molecule has 1 aliphatic rings. The zero-order valence-electron chi connectivity index (χ0n) is 17.6. The maximum absolute atomic E-state index is 13.4. The van der Waals surface area contributed by atoms with Gasteiger partial charge in [0.15, 0.2) is 0 Å². The Morgan fingerprint density at radius 1 is 0.806 bits per heavy atom. The van der Waals surface area contributed by atoms with Gasteiger partial charge in [-0.3, -0.25) is 4.79 Å². The SMILES string of the molecule is CCOC(=O)[C@H](Cc1ccccc1)NC(=O)C1[C@@H](c2ccccc2)[C@H]1c1ccccc1. The van der Waals surface area contributed by atoms with Crippen molar-refractivity contribution in [2.24, 2.45) is 5.92 Å². The van der Waals surface area contributed by atoms with Gasteiger partial charge in [0, 0.05) is 18.3 Å². The number of amides is 1. The minimum absolute atomic E-state index is 0.100. The summed E-state index contributed by atoms with van der Waals surface area (Å²) in [5.41, 5.74) is 3.27. The first-order valence-corrected chi connectivity index (χ1v) is 10.8. The van der Waals surface area contributed by atoms with E-state index < -0.39 is 12.0 Å². The van der Waals surface area contributed by atoms with Crippen LogP contribution in [0.3, 0.4) is 0 Å². The van der Waals surface area contributed by atoms with E-state index in [0.717, 1.165) is 16.7 Å². The molecule has 0 bridgehead atoms. The maximum Gasteiger partial charge on any atom is 0.328 e. The fourth-order valence-corrected chi connectivity index (χ4v) is 4.37. The lowest BCUT2D eigenvalue weighted by Crippen LogP contribution is -2.44. The summed E-state index contributed by atoms with van der Waals surface area (Å²) < 4.78 is 5.25. The third kappa shape index (κ3) is 4.85. The van der Waals surface area contributed by atoms with Crippen LogP contribution >= 0.6 is 0 Å². The van der Waals surface area contributed by atoms with Gasteiger partial charge in [-0.25, -0.2) is 4.79 Å². The first-order chi connectivity index (χ1) is 15.2. The van der Waals surface area contributed by atoms with Crippen molar-refractivity contribution in [1.29, 1.82) is 0 Å². The van der Waals surface area contributed by atoms with Crippen molar-refractivity contribution in [3.8, 4) is 0 Å². The van der Waals surface area contributed by atoms with Crippen molar-refractivity contribution in [1.82, 2.24) is 5.32 Å². The number of hydrogen-bond acceptors (Lipinski definition) is 3. The van der Waals surface area contributed by atoms with Gasteiger partial charge < -0.3 is 10.1 Å². The van der Waals surface area contributed by atoms with Crippen LogP contribution in [0.15, 0.2) is 91.0 Å². The molecule has 0 aliphatic heterocycles. The van der Waals surface area contributed by atoms with Crippen LogP contribution < -0.4 is 5.32 Å². The van der Waals surface area contributed by atoms with Crippen LogP contribution in [0, 0.1) is 5.92 Å². The first-order valence-electron chi connectivity index (χ1n) is 10.8. The number of hydrogen-bond donors (Lipinski definition) is 1. The molecular weight excluding hydrogens is 386 g/mol. The van der Waals surface area contributed by atoms with E-state index in [1.807, 2.05) is 66.7 Å². The van der Waals surface area contributed by atoms with Gasteiger partial charge in [-0.15, -0.1) is 0 Å². The number of benzene rings is 3. The minimum atomic E-state index is -0.705. The third-order valence-electron chi connectivity index (χ3n) is 5.86. The molecule has 0 saturated heterocycles. The van der Waals surface area contributed by atoms with Gasteiger partial charge in [0.05, 0.1) is 12.5 Å². The average Bonchev–Trinajstić information content (AvgIpc) is 3.57. The van der Waals surface area contributed by atoms with Gasteiger partial charge >= 0.3 is 5.97 Å². The van der Waals surface area contributed by atoms with Crippen LogP contribution in [-0.4, -0.2) is 24.5 Å². The summed E-state index contributed by atoms with van der Waals surface area (Å²) >= 11 is 0. The van der Waals surface area contributed by atoms with Gasteiger partial charge in [-0.2, -0.15) is 0 Å². The second-order valence-corrected chi connectivity index (χ2v) is 7.90. The number of carbonyl (C=O) groups excluding carboxylic acids is 2. The number of esters is 1. The summed E-state index contributed by atoms with van der Waals surface area (Å²) in [6.07, 6.45) is 0.407. The Morgan fingerprint density at radius 3 is 1.77 bits per heavy atom. The topological polar surface area (TPSA) is 55.4 Å². The summed E-state index contributed by atoms with van der Waals surface area (Å²) in [7, 11) is 0. The molecule has 0 heterocycles. The molecule has 3 aromatic carbocycles. The van der Waals surface area contributed by atoms with Crippen molar-refractivity contribution in [2.45, 2.75) is 31.2 Å². The highest BCUT2D eigenvalue weighted by molar-refractivity contribution is 5.89. The molecule has 4 nitrogen and oxygen atoms in total. The Hall–Kier alpha value is -3.40. The van der Waals surface area contributed by atoms with Crippen LogP contribution in [0.1, 0.15) is 35.4 Å². The Balaban J connectivity index is 1.55. The molecule has 0 aromatic heterocycles. The third-order valence-corrected chi connectivity index (χ3v) is 5.86. The van der Waals surface area contributed by atoms with Crippen molar-refractivity contribution in [3.63, 3.8) is 0 Å². The second kappa shape index (κ2) is 9.61.